The lowest BCUT2D eigenvalue weighted by atomic mass is 10.4. The molecule has 1 amide bonds. The number of benzene rings is 1. The molecule has 4 nitrogen and oxygen atoms in total. The van der Waals surface area contributed by atoms with Crippen LogP contribution in [-0.2, 0) is 7.05 Å². The zero-order valence-corrected chi connectivity index (χ0v) is 12.0. The molecule has 20 heavy (non-hydrogen) atoms. The molecule has 0 radical (unpaired) electrons. The number of aryl methyl sites for hydroxylation is 1. The summed E-state index contributed by atoms with van der Waals surface area (Å²) in [7, 11) is 1.78. The fraction of sp³-hybridized carbons (Fsp3) is 0.286. The Morgan fingerprint density at radius 1 is 1.40 bits per heavy atom. The summed E-state index contributed by atoms with van der Waals surface area (Å²) in [6, 6.07) is 6.41. The van der Waals surface area contributed by atoms with Crippen LogP contribution in [0.25, 0.3) is 0 Å². The number of aromatic nitrogens is 2. The Hall–Kier alpha value is -1.82. The second kappa shape index (κ2) is 7.09. The van der Waals surface area contributed by atoms with E-state index in [9.17, 15) is 9.18 Å². The van der Waals surface area contributed by atoms with E-state index in [1.54, 1.807) is 47.9 Å². The molecule has 0 aliphatic heterocycles. The lowest BCUT2D eigenvalue weighted by molar-refractivity contribution is 0.0940. The largest absolute Gasteiger partial charge is 0.349 e. The number of hydrogen-bond donors (Lipinski definition) is 1. The lowest BCUT2D eigenvalue weighted by Gasteiger charge is -2.05. The van der Waals surface area contributed by atoms with E-state index in [1.165, 1.54) is 12.1 Å². The Balaban J connectivity index is 1.66. The van der Waals surface area contributed by atoms with Gasteiger partial charge in [0.05, 0.1) is 0 Å². The second-order valence-electron chi connectivity index (χ2n) is 4.27. The maximum Gasteiger partial charge on any atom is 0.287 e. The molecule has 0 atom stereocenters. The van der Waals surface area contributed by atoms with Gasteiger partial charge in [0.2, 0.25) is 0 Å². The van der Waals surface area contributed by atoms with Crippen LogP contribution in [-0.4, -0.2) is 27.8 Å². The summed E-state index contributed by atoms with van der Waals surface area (Å²) >= 11 is 1.64. The van der Waals surface area contributed by atoms with E-state index in [4.69, 9.17) is 0 Å². The maximum absolute atomic E-state index is 12.7. The van der Waals surface area contributed by atoms with Gasteiger partial charge >= 0.3 is 0 Å². The number of thioether (sulfide) groups is 1. The van der Waals surface area contributed by atoms with Gasteiger partial charge in [-0.3, -0.25) is 4.79 Å². The summed E-state index contributed by atoms with van der Waals surface area (Å²) in [5, 5.41) is 2.83. The molecule has 0 saturated carbocycles. The molecule has 0 aliphatic rings. The average molecular weight is 293 g/mol. The van der Waals surface area contributed by atoms with E-state index < -0.39 is 0 Å². The van der Waals surface area contributed by atoms with E-state index in [2.05, 4.69) is 10.3 Å². The third-order valence-corrected chi connectivity index (χ3v) is 3.81. The number of hydrogen-bond acceptors (Lipinski definition) is 3. The Kier molecular flexibility index (Phi) is 5.17. The Morgan fingerprint density at radius 2 is 2.15 bits per heavy atom. The van der Waals surface area contributed by atoms with Gasteiger partial charge in [-0.1, -0.05) is 0 Å². The van der Waals surface area contributed by atoms with Gasteiger partial charge < -0.3 is 9.88 Å². The van der Waals surface area contributed by atoms with Crippen molar-refractivity contribution in [1.29, 1.82) is 0 Å². The van der Waals surface area contributed by atoms with Crippen LogP contribution in [0.15, 0.2) is 41.6 Å². The zero-order chi connectivity index (χ0) is 14.4. The third-order valence-electron chi connectivity index (χ3n) is 2.71. The van der Waals surface area contributed by atoms with Crippen LogP contribution in [0.1, 0.15) is 17.0 Å². The predicted octanol–water partition coefficient (Wildman–Crippen LogP) is 2.47. The second-order valence-corrected chi connectivity index (χ2v) is 5.44. The summed E-state index contributed by atoms with van der Waals surface area (Å²) in [6.45, 7) is 0.597. The van der Waals surface area contributed by atoms with Gasteiger partial charge in [0.1, 0.15) is 5.82 Å². The van der Waals surface area contributed by atoms with Crippen LogP contribution in [0.2, 0.25) is 0 Å². The molecule has 1 heterocycles. The smallest absolute Gasteiger partial charge is 0.287 e. The molecule has 0 bridgehead atoms. The fourth-order valence-corrected chi connectivity index (χ4v) is 2.51. The molecule has 0 fully saturated rings. The Labute approximate surface area is 121 Å². The minimum absolute atomic E-state index is 0.163. The van der Waals surface area contributed by atoms with Crippen LogP contribution in [0.5, 0.6) is 0 Å². The van der Waals surface area contributed by atoms with Crippen molar-refractivity contribution in [2.75, 3.05) is 12.3 Å². The average Bonchev–Trinajstić information content (AvgIpc) is 2.86. The number of halogens is 1. The SMILES string of the molecule is Cn1ccnc1C(=O)NCCCSc1ccc(F)cc1. The molecule has 0 aliphatic carbocycles. The highest BCUT2D eigenvalue weighted by molar-refractivity contribution is 7.99. The van der Waals surface area contributed by atoms with Gasteiger partial charge in [-0.25, -0.2) is 9.37 Å². The molecule has 0 saturated heterocycles. The number of rotatable bonds is 6. The standard InChI is InChI=1S/C14H16FN3OS/c1-18-9-8-16-13(18)14(19)17-7-2-10-20-12-5-3-11(15)4-6-12/h3-6,8-9H,2,7,10H2,1H3,(H,17,19). The van der Waals surface area contributed by atoms with Crippen LogP contribution in [0, 0.1) is 5.82 Å². The number of nitrogens with one attached hydrogen (secondary N) is 1. The van der Waals surface area contributed by atoms with E-state index in [-0.39, 0.29) is 11.7 Å². The van der Waals surface area contributed by atoms with Crippen LogP contribution in [0.4, 0.5) is 4.39 Å². The monoisotopic (exact) mass is 293 g/mol. The normalized spacial score (nSPS) is 10.5. The zero-order valence-electron chi connectivity index (χ0n) is 11.2. The van der Waals surface area contributed by atoms with Gasteiger partial charge in [-0.15, -0.1) is 11.8 Å². The highest BCUT2D eigenvalue weighted by Gasteiger charge is 2.09. The van der Waals surface area contributed by atoms with Crippen molar-refractivity contribution in [3.05, 3.63) is 48.3 Å². The number of amides is 1. The van der Waals surface area contributed by atoms with E-state index in [0.29, 0.717) is 12.4 Å². The van der Waals surface area contributed by atoms with Gasteiger partial charge in [0.15, 0.2) is 5.82 Å². The van der Waals surface area contributed by atoms with Crippen molar-refractivity contribution in [3.8, 4) is 0 Å². The first kappa shape index (κ1) is 14.6. The predicted molar refractivity (Wildman–Crippen MR) is 77.3 cm³/mol. The van der Waals surface area contributed by atoms with Gasteiger partial charge in [-0.2, -0.15) is 0 Å². The highest BCUT2D eigenvalue weighted by Crippen LogP contribution is 2.18. The number of carbonyl (C=O) groups excluding carboxylic acids is 1. The molecular formula is C14H16FN3OS. The van der Waals surface area contributed by atoms with Crippen LogP contribution in [0.3, 0.4) is 0 Å². The first-order valence-corrected chi connectivity index (χ1v) is 7.29. The number of carbonyl (C=O) groups is 1. The third kappa shape index (κ3) is 4.09. The molecule has 1 aromatic carbocycles. The first-order chi connectivity index (χ1) is 9.66. The summed E-state index contributed by atoms with van der Waals surface area (Å²) in [5.41, 5.74) is 0. The maximum atomic E-state index is 12.7. The molecule has 106 valence electrons. The molecule has 2 aromatic rings. The summed E-state index contributed by atoms with van der Waals surface area (Å²) in [6.07, 6.45) is 4.18. The van der Waals surface area contributed by atoms with Crippen molar-refractivity contribution in [1.82, 2.24) is 14.9 Å². The lowest BCUT2D eigenvalue weighted by Crippen LogP contribution is -2.27. The van der Waals surface area contributed by atoms with Crippen molar-refractivity contribution < 1.29 is 9.18 Å². The van der Waals surface area contributed by atoms with E-state index >= 15 is 0 Å². The summed E-state index contributed by atoms with van der Waals surface area (Å²) in [5.74, 6) is 0.893. The van der Waals surface area contributed by atoms with Crippen molar-refractivity contribution in [2.24, 2.45) is 7.05 Å². The van der Waals surface area contributed by atoms with E-state index in [0.717, 1.165) is 17.1 Å². The van der Waals surface area contributed by atoms with Crippen LogP contribution >= 0.6 is 11.8 Å². The quantitative estimate of drug-likeness (QED) is 0.657. The molecule has 0 spiro atoms. The molecular weight excluding hydrogens is 277 g/mol. The molecule has 1 N–H and O–H groups in total. The van der Waals surface area contributed by atoms with Crippen molar-refractivity contribution in [3.63, 3.8) is 0 Å². The number of nitrogens with zero attached hydrogens (tertiary/aromatic N) is 2. The molecule has 1 aromatic heterocycles. The van der Waals surface area contributed by atoms with E-state index in [1.807, 2.05) is 0 Å². The van der Waals surface area contributed by atoms with Gasteiger partial charge in [0, 0.05) is 30.9 Å². The topological polar surface area (TPSA) is 46.9 Å². The Bertz CT molecular complexity index is 568. The highest BCUT2D eigenvalue weighted by atomic mass is 32.2. The minimum Gasteiger partial charge on any atom is -0.349 e. The fourth-order valence-electron chi connectivity index (χ4n) is 1.66. The summed E-state index contributed by atoms with van der Waals surface area (Å²) < 4.78 is 14.4. The molecule has 0 unspecified atom stereocenters. The van der Waals surface area contributed by atoms with Crippen molar-refractivity contribution >= 4 is 17.7 Å². The first-order valence-electron chi connectivity index (χ1n) is 6.30. The summed E-state index contributed by atoms with van der Waals surface area (Å²) in [4.78, 5) is 16.8. The van der Waals surface area contributed by atoms with Gasteiger partial charge in [-0.05, 0) is 36.4 Å². The van der Waals surface area contributed by atoms with Crippen LogP contribution < -0.4 is 5.32 Å². The number of imidazole rings is 1. The van der Waals surface area contributed by atoms with Crippen molar-refractivity contribution in [2.45, 2.75) is 11.3 Å². The minimum atomic E-state index is -0.225. The Morgan fingerprint density at radius 3 is 2.80 bits per heavy atom. The van der Waals surface area contributed by atoms with Gasteiger partial charge in [0.25, 0.3) is 5.91 Å². The molecule has 2 rings (SSSR count). The molecule has 6 heteroatoms.